The zero-order chi connectivity index (χ0) is 11.8. The summed E-state index contributed by atoms with van der Waals surface area (Å²) in [4.78, 5) is 10.8. The normalized spacial score (nSPS) is 10.6. The van der Waals surface area contributed by atoms with Crippen LogP contribution in [-0.2, 0) is 11.2 Å². The Labute approximate surface area is 98.8 Å². The summed E-state index contributed by atoms with van der Waals surface area (Å²) >= 11 is 0. The number of carbonyl (C=O) groups excluding carboxylic acids is 1. The van der Waals surface area contributed by atoms with Crippen molar-refractivity contribution in [2.45, 2.75) is 32.9 Å². The van der Waals surface area contributed by atoms with E-state index in [1.807, 2.05) is 6.08 Å². The zero-order valence-electron chi connectivity index (χ0n) is 10.1. The van der Waals surface area contributed by atoms with E-state index in [1.165, 1.54) is 18.3 Å². The maximum Gasteiger partial charge on any atom is 0.152 e. The maximum absolute atomic E-state index is 10.8. The molecule has 0 spiro atoms. The van der Waals surface area contributed by atoms with E-state index in [1.54, 1.807) is 13.0 Å². The van der Waals surface area contributed by atoms with Crippen molar-refractivity contribution < 1.29 is 4.79 Å². The molecule has 1 aromatic carbocycles. The van der Waals surface area contributed by atoms with Crippen molar-refractivity contribution in [1.29, 1.82) is 0 Å². The first-order valence-electron chi connectivity index (χ1n) is 5.78. The van der Waals surface area contributed by atoms with Crippen LogP contribution in [0, 0.1) is 0 Å². The predicted octanol–water partition coefficient (Wildman–Crippen LogP) is 3.39. The molecule has 0 aliphatic heterocycles. The Bertz CT molecular complexity index is 352. The lowest BCUT2D eigenvalue weighted by molar-refractivity contribution is -0.112. The number of allylic oxidation sites excluding steroid dienone is 1. The van der Waals surface area contributed by atoms with E-state index in [9.17, 15) is 4.79 Å². The molecule has 1 rings (SSSR count). The van der Waals surface area contributed by atoms with Crippen LogP contribution in [0.3, 0.4) is 0 Å². The molecular weight excluding hydrogens is 195 g/mol. The van der Waals surface area contributed by atoms with Crippen LogP contribution >= 0.6 is 0 Å². The van der Waals surface area contributed by atoms with Crippen LogP contribution in [0.4, 0.5) is 0 Å². The molecule has 0 N–H and O–H groups in total. The molecule has 0 aliphatic rings. The van der Waals surface area contributed by atoms with Crippen molar-refractivity contribution in [2.24, 2.45) is 0 Å². The molecular formula is C14H18BO. The summed E-state index contributed by atoms with van der Waals surface area (Å²) in [6.45, 7) is 3.65. The third-order valence-corrected chi connectivity index (χ3v) is 2.45. The van der Waals surface area contributed by atoms with Gasteiger partial charge in [-0.2, -0.15) is 0 Å². The molecule has 0 atom stereocenters. The van der Waals surface area contributed by atoms with Crippen LogP contribution in [0.5, 0.6) is 0 Å². The van der Waals surface area contributed by atoms with Crippen LogP contribution in [0.15, 0.2) is 30.3 Å². The third kappa shape index (κ3) is 4.97. The molecule has 0 saturated heterocycles. The van der Waals surface area contributed by atoms with Crippen LogP contribution in [0.25, 0.3) is 6.08 Å². The summed E-state index contributed by atoms with van der Waals surface area (Å²) < 4.78 is 0. The lowest BCUT2D eigenvalue weighted by atomic mass is 9.76. The minimum Gasteiger partial charge on any atom is -0.295 e. The van der Waals surface area contributed by atoms with E-state index < -0.39 is 0 Å². The Balaban J connectivity index is 2.51. The number of aryl methyl sites for hydroxylation is 1. The van der Waals surface area contributed by atoms with Gasteiger partial charge >= 0.3 is 0 Å². The van der Waals surface area contributed by atoms with Crippen LogP contribution in [0.1, 0.15) is 24.5 Å². The third-order valence-electron chi connectivity index (χ3n) is 2.45. The van der Waals surface area contributed by atoms with E-state index in [-0.39, 0.29) is 5.78 Å². The SMILES string of the molecule is C[B]CCCc1ccc(/C=C/C(C)=O)cc1. The van der Waals surface area contributed by atoms with Gasteiger partial charge in [0.15, 0.2) is 5.78 Å². The Hall–Kier alpha value is -1.31. The molecule has 0 aliphatic carbocycles. The molecule has 16 heavy (non-hydrogen) atoms. The Morgan fingerprint density at radius 3 is 2.56 bits per heavy atom. The van der Waals surface area contributed by atoms with Crippen molar-refractivity contribution in [3.05, 3.63) is 41.5 Å². The highest BCUT2D eigenvalue weighted by molar-refractivity contribution is 6.33. The first kappa shape index (κ1) is 12.8. The Kier molecular flexibility index (Phi) is 5.62. The molecule has 83 valence electrons. The second-order valence-corrected chi connectivity index (χ2v) is 3.99. The molecule has 0 bridgehead atoms. The molecule has 1 aromatic rings. The van der Waals surface area contributed by atoms with Gasteiger partial charge in [-0.05, 0) is 30.5 Å². The maximum atomic E-state index is 10.8. The molecule has 0 saturated carbocycles. The van der Waals surface area contributed by atoms with Gasteiger partial charge in [0.2, 0.25) is 0 Å². The van der Waals surface area contributed by atoms with E-state index in [0.29, 0.717) is 0 Å². The van der Waals surface area contributed by atoms with Crippen LogP contribution in [0.2, 0.25) is 13.1 Å². The van der Waals surface area contributed by atoms with Crippen molar-refractivity contribution in [3.8, 4) is 0 Å². The average molecular weight is 213 g/mol. The topological polar surface area (TPSA) is 17.1 Å². The summed E-state index contributed by atoms with van der Waals surface area (Å²) in [5.74, 6) is 0.0857. The molecule has 1 nitrogen and oxygen atoms in total. The highest BCUT2D eigenvalue weighted by Crippen LogP contribution is 2.09. The number of hydrogen-bond acceptors (Lipinski definition) is 1. The summed E-state index contributed by atoms with van der Waals surface area (Å²) in [6.07, 6.45) is 6.96. The smallest absolute Gasteiger partial charge is 0.152 e. The van der Waals surface area contributed by atoms with E-state index in [0.717, 1.165) is 12.0 Å². The summed E-state index contributed by atoms with van der Waals surface area (Å²) in [7, 11) is 2.20. The van der Waals surface area contributed by atoms with Gasteiger partial charge in [0, 0.05) is 0 Å². The van der Waals surface area contributed by atoms with Crippen molar-refractivity contribution in [3.63, 3.8) is 0 Å². The van der Waals surface area contributed by atoms with Crippen LogP contribution < -0.4 is 0 Å². The average Bonchev–Trinajstić information content (AvgIpc) is 2.28. The molecule has 0 unspecified atom stereocenters. The summed E-state index contributed by atoms with van der Waals surface area (Å²) in [5.41, 5.74) is 2.45. The van der Waals surface area contributed by atoms with Crippen molar-refractivity contribution in [1.82, 2.24) is 0 Å². The fraction of sp³-hybridized carbons (Fsp3) is 0.357. The van der Waals surface area contributed by atoms with Gasteiger partial charge in [0.05, 0.1) is 0 Å². The highest BCUT2D eigenvalue weighted by atomic mass is 16.1. The van der Waals surface area contributed by atoms with E-state index in [4.69, 9.17) is 0 Å². The van der Waals surface area contributed by atoms with Gasteiger partial charge in [-0.3, -0.25) is 4.79 Å². The first-order chi connectivity index (χ1) is 7.72. The fourth-order valence-electron chi connectivity index (χ4n) is 1.52. The lowest BCUT2D eigenvalue weighted by Gasteiger charge is -2.00. The van der Waals surface area contributed by atoms with Gasteiger partial charge < -0.3 is 0 Å². The quantitative estimate of drug-likeness (QED) is 0.402. The zero-order valence-corrected chi connectivity index (χ0v) is 10.1. The second-order valence-electron chi connectivity index (χ2n) is 3.99. The Morgan fingerprint density at radius 1 is 1.31 bits per heavy atom. The molecule has 0 fully saturated rings. The number of carbonyl (C=O) groups is 1. The van der Waals surface area contributed by atoms with E-state index >= 15 is 0 Å². The van der Waals surface area contributed by atoms with Gasteiger partial charge in [0.1, 0.15) is 7.28 Å². The Morgan fingerprint density at radius 2 is 2.00 bits per heavy atom. The lowest BCUT2D eigenvalue weighted by Crippen LogP contribution is -1.88. The minimum atomic E-state index is 0.0857. The minimum absolute atomic E-state index is 0.0857. The molecule has 0 amide bonds. The number of hydrogen-bond donors (Lipinski definition) is 0. The van der Waals surface area contributed by atoms with Crippen LogP contribution in [-0.4, -0.2) is 13.1 Å². The first-order valence-corrected chi connectivity index (χ1v) is 5.78. The van der Waals surface area contributed by atoms with Crippen molar-refractivity contribution in [2.75, 3.05) is 0 Å². The predicted molar refractivity (Wildman–Crippen MR) is 70.9 cm³/mol. The number of ketones is 1. The molecule has 0 aromatic heterocycles. The number of rotatable bonds is 6. The second kappa shape index (κ2) is 7.05. The molecule has 1 radical (unpaired) electrons. The van der Waals surface area contributed by atoms with Gasteiger partial charge in [-0.25, -0.2) is 0 Å². The monoisotopic (exact) mass is 213 g/mol. The fourth-order valence-corrected chi connectivity index (χ4v) is 1.52. The molecule has 2 heteroatoms. The summed E-state index contributed by atoms with van der Waals surface area (Å²) in [6, 6.07) is 8.39. The standard InChI is InChI=1S/C14H18BO/c1-12(16)5-6-14-9-7-13(8-10-14)4-3-11-15-2/h5-10H,3-4,11H2,1-2H3/b6-5+. The van der Waals surface area contributed by atoms with Crippen molar-refractivity contribution >= 4 is 19.1 Å². The van der Waals surface area contributed by atoms with Gasteiger partial charge in [0.25, 0.3) is 0 Å². The highest BCUT2D eigenvalue weighted by Gasteiger charge is 1.93. The van der Waals surface area contributed by atoms with Gasteiger partial charge in [-0.15, -0.1) is 0 Å². The largest absolute Gasteiger partial charge is 0.295 e. The van der Waals surface area contributed by atoms with Gasteiger partial charge in [-0.1, -0.05) is 49.9 Å². The van der Waals surface area contributed by atoms with E-state index in [2.05, 4.69) is 38.4 Å². The summed E-state index contributed by atoms with van der Waals surface area (Å²) in [5, 5.41) is 0. The molecule has 0 heterocycles. The number of benzene rings is 1.